The molecule has 0 aromatic heterocycles. The Kier molecular flexibility index (Phi) is 2.83. The summed E-state index contributed by atoms with van der Waals surface area (Å²) in [5.41, 5.74) is 0. The van der Waals surface area contributed by atoms with E-state index in [4.69, 9.17) is 9.47 Å². The van der Waals surface area contributed by atoms with E-state index >= 15 is 0 Å². The van der Waals surface area contributed by atoms with Crippen LogP contribution in [0.1, 0.15) is 12.8 Å². The molecule has 10 heavy (non-hydrogen) atoms. The first-order valence-corrected chi connectivity index (χ1v) is 3.46. The van der Waals surface area contributed by atoms with Crippen LogP contribution in [-0.4, -0.2) is 32.2 Å². The van der Waals surface area contributed by atoms with Crippen LogP contribution in [0, 0.1) is 0 Å². The van der Waals surface area contributed by atoms with Gasteiger partial charge in [-0.25, -0.2) is 0 Å². The van der Waals surface area contributed by atoms with E-state index in [0.717, 1.165) is 12.7 Å². The van der Waals surface area contributed by atoms with Crippen LogP contribution in [-0.2, 0) is 14.3 Å². The number of hydrogen-bond acceptors (Lipinski definition) is 3. The fourth-order valence-electron chi connectivity index (χ4n) is 1.10. The molecule has 3 heteroatoms. The van der Waals surface area contributed by atoms with Crippen molar-refractivity contribution >= 4 is 6.29 Å². The molecule has 2 atom stereocenters. The van der Waals surface area contributed by atoms with Gasteiger partial charge in [-0.2, -0.15) is 0 Å². The number of carbonyl (C=O) groups is 1. The van der Waals surface area contributed by atoms with E-state index in [2.05, 4.69) is 0 Å². The smallest absolute Gasteiger partial charge is 0.148 e. The summed E-state index contributed by atoms with van der Waals surface area (Å²) < 4.78 is 10.2. The summed E-state index contributed by atoms with van der Waals surface area (Å²) >= 11 is 0. The Bertz CT molecular complexity index is 113. The molecule has 2 unspecified atom stereocenters. The summed E-state index contributed by atoms with van der Waals surface area (Å²) in [5, 5.41) is 0. The molecule has 1 aliphatic rings. The minimum Gasteiger partial charge on any atom is -0.381 e. The third kappa shape index (κ3) is 1.78. The highest BCUT2D eigenvalue weighted by atomic mass is 16.5. The molecule has 1 heterocycles. The molecular formula is C7H12O3. The Balaban J connectivity index is 2.31. The van der Waals surface area contributed by atoms with E-state index < -0.39 is 0 Å². The molecule has 0 bridgehead atoms. The first-order chi connectivity index (χ1) is 4.86. The van der Waals surface area contributed by atoms with Gasteiger partial charge in [-0.05, 0) is 6.42 Å². The van der Waals surface area contributed by atoms with Crippen LogP contribution >= 0.6 is 0 Å². The molecular weight excluding hydrogens is 132 g/mol. The second-order valence-electron chi connectivity index (χ2n) is 2.43. The van der Waals surface area contributed by atoms with E-state index in [0.29, 0.717) is 13.0 Å². The van der Waals surface area contributed by atoms with Crippen molar-refractivity contribution in [3.8, 4) is 0 Å². The highest BCUT2D eigenvalue weighted by Crippen LogP contribution is 2.14. The standard InChI is InChI=1S/C7H12O3/c1-9-6-2-3-10-7(4-6)5-8/h5-7H,2-4H2,1H3. The number of methoxy groups -OCH3 is 1. The topological polar surface area (TPSA) is 35.5 Å². The van der Waals surface area contributed by atoms with Crippen LogP contribution in [0.3, 0.4) is 0 Å². The van der Waals surface area contributed by atoms with Crippen LogP contribution in [0.2, 0.25) is 0 Å². The minimum atomic E-state index is -0.237. The monoisotopic (exact) mass is 144 g/mol. The number of aldehydes is 1. The highest BCUT2D eigenvalue weighted by Gasteiger charge is 2.21. The van der Waals surface area contributed by atoms with Gasteiger partial charge in [0.15, 0.2) is 0 Å². The maximum absolute atomic E-state index is 10.2. The summed E-state index contributed by atoms with van der Waals surface area (Å²) in [7, 11) is 1.66. The van der Waals surface area contributed by atoms with Gasteiger partial charge in [0, 0.05) is 13.5 Å². The summed E-state index contributed by atoms with van der Waals surface area (Å²) in [5.74, 6) is 0. The number of ether oxygens (including phenoxy) is 2. The summed E-state index contributed by atoms with van der Waals surface area (Å²) in [6.45, 7) is 0.641. The lowest BCUT2D eigenvalue weighted by atomic mass is 10.1. The SMILES string of the molecule is COC1CCOC(C=O)C1. The summed E-state index contributed by atoms with van der Waals surface area (Å²) in [6, 6.07) is 0. The van der Waals surface area contributed by atoms with Crippen molar-refractivity contribution in [2.24, 2.45) is 0 Å². The van der Waals surface area contributed by atoms with Crippen molar-refractivity contribution in [2.75, 3.05) is 13.7 Å². The first-order valence-electron chi connectivity index (χ1n) is 3.46. The van der Waals surface area contributed by atoms with Gasteiger partial charge in [0.2, 0.25) is 0 Å². The third-order valence-electron chi connectivity index (χ3n) is 1.75. The molecule has 1 aliphatic heterocycles. The summed E-state index contributed by atoms with van der Waals surface area (Å²) in [4.78, 5) is 10.2. The van der Waals surface area contributed by atoms with Gasteiger partial charge in [-0.1, -0.05) is 0 Å². The number of hydrogen-bond donors (Lipinski definition) is 0. The molecule has 58 valence electrons. The molecule has 1 fully saturated rings. The molecule has 0 aromatic rings. The number of rotatable bonds is 2. The van der Waals surface area contributed by atoms with E-state index in [9.17, 15) is 4.79 Å². The van der Waals surface area contributed by atoms with Crippen molar-refractivity contribution < 1.29 is 14.3 Å². The van der Waals surface area contributed by atoms with Gasteiger partial charge in [-0.3, -0.25) is 0 Å². The largest absolute Gasteiger partial charge is 0.381 e. The summed E-state index contributed by atoms with van der Waals surface area (Å²) in [6.07, 6.45) is 2.43. The van der Waals surface area contributed by atoms with Gasteiger partial charge >= 0.3 is 0 Å². The van der Waals surface area contributed by atoms with Gasteiger partial charge in [0.05, 0.1) is 12.7 Å². The van der Waals surface area contributed by atoms with Crippen molar-refractivity contribution in [3.63, 3.8) is 0 Å². The Morgan fingerprint density at radius 3 is 3.10 bits per heavy atom. The second-order valence-corrected chi connectivity index (χ2v) is 2.43. The van der Waals surface area contributed by atoms with Crippen LogP contribution in [0.4, 0.5) is 0 Å². The number of carbonyl (C=O) groups excluding carboxylic acids is 1. The zero-order valence-corrected chi connectivity index (χ0v) is 6.08. The Labute approximate surface area is 60.3 Å². The fraction of sp³-hybridized carbons (Fsp3) is 0.857. The molecule has 0 saturated carbocycles. The van der Waals surface area contributed by atoms with Crippen molar-refractivity contribution in [1.82, 2.24) is 0 Å². The molecule has 1 saturated heterocycles. The van der Waals surface area contributed by atoms with Crippen molar-refractivity contribution in [1.29, 1.82) is 0 Å². The predicted octanol–water partition coefficient (Wildman–Crippen LogP) is 0.379. The van der Waals surface area contributed by atoms with E-state index in [1.165, 1.54) is 0 Å². The molecule has 1 rings (SSSR count). The van der Waals surface area contributed by atoms with E-state index in [1.54, 1.807) is 7.11 Å². The molecule has 0 aromatic carbocycles. The molecule has 0 spiro atoms. The Morgan fingerprint density at radius 1 is 1.70 bits per heavy atom. The van der Waals surface area contributed by atoms with Crippen LogP contribution in [0.15, 0.2) is 0 Å². The van der Waals surface area contributed by atoms with Gasteiger partial charge in [0.25, 0.3) is 0 Å². The van der Waals surface area contributed by atoms with Crippen LogP contribution < -0.4 is 0 Å². The molecule has 0 N–H and O–H groups in total. The molecule has 0 amide bonds. The second kappa shape index (κ2) is 3.68. The van der Waals surface area contributed by atoms with E-state index in [1.807, 2.05) is 0 Å². The quantitative estimate of drug-likeness (QED) is 0.525. The molecule has 0 radical (unpaired) electrons. The zero-order chi connectivity index (χ0) is 7.40. The van der Waals surface area contributed by atoms with Gasteiger partial charge in [-0.15, -0.1) is 0 Å². The highest BCUT2D eigenvalue weighted by molar-refractivity contribution is 5.56. The lowest BCUT2D eigenvalue weighted by Gasteiger charge is -2.24. The lowest BCUT2D eigenvalue weighted by molar-refractivity contribution is -0.126. The predicted molar refractivity (Wildman–Crippen MR) is 35.8 cm³/mol. The van der Waals surface area contributed by atoms with Gasteiger partial charge < -0.3 is 14.3 Å². The first kappa shape index (κ1) is 7.69. The Morgan fingerprint density at radius 2 is 2.50 bits per heavy atom. The molecule has 3 nitrogen and oxygen atoms in total. The third-order valence-corrected chi connectivity index (χ3v) is 1.75. The average molecular weight is 144 g/mol. The van der Waals surface area contributed by atoms with Crippen LogP contribution in [0.25, 0.3) is 0 Å². The molecule has 0 aliphatic carbocycles. The fourth-order valence-corrected chi connectivity index (χ4v) is 1.10. The lowest BCUT2D eigenvalue weighted by Crippen LogP contribution is -2.30. The average Bonchev–Trinajstić information content (AvgIpc) is 2.05. The van der Waals surface area contributed by atoms with Crippen molar-refractivity contribution in [2.45, 2.75) is 25.0 Å². The van der Waals surface area contributed by atoms with Crippen LogP contribution in [0.5, 0.6) is 0 Å². The normalized spacial score (nSPS) is 33.7. The van der Waals surface area contributed by atoms with Gasteiger partial charge in [0.1, 0.15) is 12.4 Å². The van der Waals surface area contributed by atoms with Crippen molar-refractivity contribution in [3.05, 3.63) is 0 Å². The zero-order valence-electron chi connectivity index (χ0n) is 6.08. The minimum absolute atomic E-state index is 0.212. The maximum Gasteiger partial charge on any atom is 0.148 e. The van der Waals surface area contributed by atoms with E-state index in [-0.39, 0.29) is 12.2 Å². The Hall–Kier alpha value is -0.410. The maximum atomic E-state index is 10.2.